The first kappa shape index (κ1) is 20.9. The molecule has 1 heterocycles. The molecular weight excluding hydrogens is 410 g/mol. The molecule has 3 rings (SSSR count). The summed E-state index contributed by atoms with van der Waals surface area (Å²) in [6, 6.07) is 0. The highest BCUT2D eigenvalue weighted by Crippen LogP contribution is 2.57. The maximum Gasteiger partial charge on any atom is 0.415 e. The van der Waals surface area contributed by atoms with Gasteiger partial charge in [-0.25, -0.2) is 10.1 Å². The second-order valence-corrected chi connectivity index (χ2v) is 7.60. The van der Waals surface area contributed by atoms with Crippen LogP contribution in [0.2, 0.25) is 0 Å². The fourth-order valence-corrected chi connectivity index (χ4v) is 4.32. The molecule has 0 radical (unpaired) electrons. The largest absolute Gasteiger partial charge is 0.465 e. The summed E-state index contributed by atoms with van der Waals surface area (Å²) >= 11 is -0.833. The summed E-state index contributed by atoms with van der Waals surface area (Å²) in [6.45, 7) is -1.08. The number of hydrogen-bond donors (Lipinski definition) is 1. The lowest BCUT2D eigenvalue weighted by atomic mass is 9.83. The van der Waals surface area contributed by atoms with Crippen LogP contribution in [0.25, 0.3) is 0 Å². The number of carbonyl (C=O) groups excluding carboxylic acids is 4. The smallest absolute Gasteiger partial charge is 0.415 e. The Morgan fingerprint density at radius 2 is 2.00 bits per heavy atom. The van der Waals surface area contributed by atoms with E-state index in [0.717, 1.165) is 6.42 Å². The Kier molecular flexibility index (Phi) is 6.17. The number of ether oxygens (including phenoxy) is 3. The lowest BCUT2D eigenvalue weighted by molar-refractivity contribution is -0.433. The van der Waals surface area contributed by atoms with Crippen LogP contribution in [0, 0.1) is 23.7 Å². The number of hydrogen-bond acceptors (Lipinski definition) is 11. The van der Waals surface area contributed by atoms with Crippen molar-refractivity contribution < 1.29 is 56.8 Å². The fraction of sp³-hybridized carbons (Fsp3) is 0.733. The van der Waals surface area contributed by atoms with E-state index in [1.165, 1.54) is 0 Å². The minimum atomic E-state index is -4.23. The summed E-state index contributed by atoms with van der Waals surface area (Å²) in [5.41, 5.74) is 0. The van der Waals surface area contributed by atoms with E-state index in [4.69, 9.17) is 14.7 Å². The summed E-state index contributed by atoms with van der Waals surface area (Å²) in [7, 11) is 0. The van der Waals surface area contributed by atoms with Crippen molar-refractivity contribution in [3.05, 3.63) is 0 Å². The lowest BCUT2D eigenvalue weighted by Crippen LogP contribution is -2.32. The number of halogens is 2. The topological polar surface area (TPSA) is 135 Å². The fourth-order valence-electron chi connectivity index (χ4n) is 4.08. The van der Waals surface area contributed by atoms with Gasteiger partial charge in [-0.2, -0.15) is 8.78 Å². The summed E-state index contributed by atoms with van der Waals surface area (Å²) in [5.74, 6) is -3.98. The lowest BCUT2D eigenvalue weighted by Gasteiger charge is -2.24. The highest BCUT2D eigenvalue weighted by Gasteiger charge is 2.61. The van der Waals surface area contributed by atoms with Crippen LogP contribution in [0.1, 0.15) is 19.3 Å². The third-order valence-corrected chi connectivity index (χ3v) is 5.71. The van der Waals surface area contributed by atoms with Crippen LogP contribution in [0.3, 0.4) is 0 Å². The molecule has 2 saturated carbocycles. The molecular formula is C15H16F2O10S. The third kappa shape index (κ3) is 4.26. The van der Waals surface area contributed by atoms with Gasteiger partial charge >= 0.3 is 23.2 Å². The molecule has 5 atom stereocenters. The second kappa shape index (κ2) is 8.27. The molecule has 156 valence electrons. The van der Waals surface area contributed by atoms with Crippen LogP contribution in [0.5, 0.6) is 0 Å². The van der Waals surface area contributed by atoms with E-state index in [1.54, 1.807) is 0 Å². The van der Waals surface area contributed by atoms with Crippen LogP contribution in [-0.2, 0) is 42.8 Å². The number of carbonyl (C=O) groups is 4. The Labute approximate surface area is 160 Å². The maximum atomic E-state index is 13.1. The van der Waals surface area contributed by atoms with Crippen molar-refractivity contribution in [3.63, 3.8) is 0 Å². The minimum Gasteiger partial charge on any atom is -0.465 e. The standard InChI is InChI=1S/C15H16F2O10S/c16-15(17,28-27-26-22)14(21)24-4-7(18)3-11(19)23-5-10-6-1-8-9(2-6)13(20)25-12(8)10/h6,8-10,12,22H,1-5H2. The molecule has 0 aromatic rings. The minimum absolute atomic E-state index is 0.00898. The average Bonchev–Trinajstić information content (AvgIpc) is 3.26. The molecule has 5 unspecified atom stereocenters. The molecule has 2 aliphatic carbocycles. The van der Waals surface area contributed by atoms with Gasteiger partial charge in [0.2, 0.25) is 0 Å². The Hall–Kier alpha value is -1.83. The SMILES string of the molecule is O=C(COC(=O)C(F)(F)SOOO)CC(=O)OCC1C2CC3C(=O)OC1C3C2. The highest BCUT2D eigenvalue weighted by molar-refractivity contribution is 7.96. The number of Topliss-reactive ketones (excluding diaryl/α,β-unsaturated/α-hetero) is 1. The van der Waals surface area contributed by atoms with Gasteiger partial charge in [-0.05, 0) is 18.8 Å². The van der Waals surface area contributed by atoms with Crippen molar-refractivity contribution >= 4 is 35.7 Å². The number of alkyl halides is 2. The third-order valence-electron chi connectivity index (χ3n) is 5.20. The summed E-state index contributed by atoms with van der Waals surface area (Å²) in [6.07, 6.45) is 0.505. The first-order valence-electron chi connectivity index (χ1n) is 8.31. The highest BCUT2D eigenvalue weighted by atomic mass is 32.2. The van der Waals surface area contributed by atoms with E-state index in [1.807, 2.05) is 0 Å². The van der Waals surface area contributed by atoms with Crippen molar-refractivity contribution in [2.24, 2.45) is 23.7 Å². The molecule has 3 fully saturated rings. The Bertz CT molecular complexity index is 671. The molecule has 28 heavy (non-hydrogen) atoms. The van der Waals surface area contributed by atoms with Gasteiger partial charge in [-0.1, -0.05) is 5.04 Å². The normalized spacial score (nSPS) is 30.2. The van der Waals surface area contributed by atoms with Gasteiger partial charge in [0.25, 0.3) is 0 Å². The first-order chi connectivity index (χ1) is 13.2. The van der Waals surface area contributed by atoms with Crippen molar-refractivity contribution in [1.29, 1.82) is 0 Å². The monoisotopic (exact) mass is 426 g/mol. The Balaban J connectivity index is 1.37. The summed E-state index contributed by atoms with van der Waals surface area (Å²) in [4.78, 5) is 46.2. The Morgan fingerprint density at radius 3 is 2.71 bits per heavy atom. The summed E-state index contributed by atoms with van der Waals surface area (Å²) < 4.78 is 44.2. The predicted molar refractivity (Wildman–Crippen MR) is 82.0 cm³/mol. The molecule has 0 amide bonds. The number of fused-ring (bicyclic) bond motifs is 1. The maximum absolute atomic E-state index is 13.1. The van der Waals surface area contributed by atoms with Crippen LogP contribution in [0.15, 0.2) is 0 Å². The molecule has 13 heteroatoms. The van der Waals surface area contributed by atoms with Crippen LogP contribution >= 0.6 is 12.0 Å². The van der Waals surface area contributed by atoms with Gasteiger partial charge in [0.15, 0.2) is 12.4 Å². The molecule has 1 saturated heterocycles. The molecule has 1 N–H and O–H groups in total. The molecule has 10 nitrogen and oxygen atoms in total. The van der Waals surface area contributed by atoms with Crippen LogP contribution < -0.4 is 0 Å². The second-order valence-electron chi connectivity index (χ2n) is 6.78. The average molecular weight is 426 g/mol. The molecule has 0 aromatic carbocycles. The summed E-state index contributed by atoms with van der Waals surface area (Å²) in [5, 5.41) is 6.48. The Morgan fingerprint density at radius 1 is 1.25 bits per heavy atom. The van der Waals surface area contributed by atoms with Gasteiger partial charge in [0, 0.05) is 11.8 Å². The zero-order valence-corrected chi connectivity index (χ0v) is 15.0. The van der Waals surface area contributed by atoms with Gasteiger partial charge < -0.3 is 14.2 Å². The molecule has 2 bridgehead atoms. The van der Waals surface area contributed by atoms with E-state index in [2.05, 4.69) is 14.1 Å². The van der Waals surface area contributed by atoms with E-state index in [9.17, 15) is 28.0 Å². The van der Waals surface area contributed by atoms with Crippen molar-refractivity contribution in [1.82, 2.24) is 0 Å². The molecule has 1 aliphatic heterocycles. The molecule has 3 aliphatic rings. The van der Waals surface area contributed by atoms with E-state index < -0.39 is 48.0 Å². The van der Waals surface area contributed by atoms with E-state index >= 15 is 0 Å². The van der Waals surface area contributed by atoms with Gasteiger partial charge in [0.05, 0.1) is 12.5 Å². The number of ketones is 1. The quantitative estimate of drug-likeness (QED) is 0.133. The van der Waals surface area contributed by atoms with E-state index in [-0.39, 0.29) is 42.4 Å². The number of esters is 3. The van der Waals surface area contributed by atoms with Gasteiger partial charge in [-0.15, -0.1) is 4.33 Å². The zero-order valence-electron chi connectivity index (χ0n) is 14.2. The van der Waals surface area contributed by atoms with Crippen LogP contribution in [-0.4, -0.2) is 53.5 Å². The predicted octanol–water partition coefficient (Wildman–Crippen LogP) is 0.892. The van der Waals surface area contributed by atoms with Crippen molar-refractivity contribution in [2.75, 3.05) is 13.2 Å². The zero-order chi connectivity index (χ0) is 20.5. The number of rotatable bonds is 10. The van der Waals surface area contributed by atoms with Gasteiger partial charge in [-0.3, -0.25) is 14.4 Å². The van der Waals surface area contributed by atoms with Gasteiger partial charge in [0.1, 0.15) is 24.6 Å². The van der Waals surface area contributed by atoms with Crippen molar-refractivity contribution in [2.45, 2.75) is 30.6 Å². The molecule has 0 aromatic heterocycles. The molecule has 0 spiro atoms. The first-order valence-corrected chi connectivity index (χ1v) is 9.06. The van der Waals surface area contributed by atoms with E-state index in [0.29, 0.717) is 6.42 Å². The van der Waals surface area contributed by atoms with Crippen LogP contribution in [0.4, 0.5) is 8.78 Å². The van der Waals surface area contributed by atoms with Crippen molar-refractivity contribution in [3.8, 4) is 0 Å².